The molecule has 2 N–H and O–H groups in total. The summed E-state index contributed by atoms with van der Waals surface area (Å²) in [6.45, 7) is 4.85. The molecule has 0 saturated heterocycles. The van der Waals surface area contributed by atoms with Crippen LogP contribution >= 0.6 is 11.3 Å². The Morgan fingerprint density at radius 2 is 1.89 bits per heavy atom. The summed E-state index contributed by atoms with van der Waals surface area (Å²) in [4.78, 5) is 28.6. The molecule has 27 heavy (non-hydrogen) atoms. The Morgan fingerprint density at radius 1 is 1.19 bits per heavy atom. The van der Waals surface area contributed by atoms with Crippen LogP contribution in [-0.2, 0) is 16.1 Å². The zero-order valence-corrected chi connectivity index (χ0v) is 17.1. The topological polar surface area (TPSA) is 63.1 Å². The van der Waals surface area contributed by atoms with E-state index in [0.29, 0.717) is 6.54 Å². The van der Waals surface area contributed by atoms with E-state index >= 15 is 0 Å². The molecule has 0 aliphatic carbocycles. The molecule has 1 atom stereocenters. The molecule has 0 bridgehead atoms. The number of hydrogen-bond acceptors (Lipinski definition) is 4. The number of amides is 2. The van der Waals surface area contributed by atoms with Crippen molar-refractivity contribution >= 4 is 28.8 Å². The van der Waals surface area contributed by atoms with E-state index in [0.717, 1.165) is 21.2 Å². The molecule has 1 unspecified atom stereocenters. The second kappa shape index (κ2) is 10.1. The summed E-state index contributed by atoms with van der Waals surface area (Å²) < 4.78 is 5.21. The van der Waals surface area contributed by atoms with E-state index in [9.17, 15) is 9.59 Å². The van der Waals surface area contributed by atoms with Crippen molar-refractivity contribution in [2.45, 2.75) is 26.4 Å². The van der Waals surface area contributed by atoms with Gasteiger partial charge in [0, 0.05) is 16.6 Å². The van der Waals surface area contributed by atoms with Crippen LogP contribution < -0.4 is 19.9 Å². The van der Waals surface area contributed by atoms with Crippen molar-refractivity contribution in [3.63, 3.8) is 0 Å². The molecule has 0 saturated carbocycles. The fraction of sp³-hybridized carbons (Fsp3) is 0.400. The van der Waals surface area contributed by atoms with Crippen LogP contribution in [0.4, 0.5) is 5.69 Å². The average Bonchev–Trinajstić information content (AvgIpc) is 3.12. The molecule has 0 aliphatic rings. The number of hydrogen-bond donors (Lipinski definition) is 2. The molecular formula is C20H28N3O3S+. The maximum Gasteiger partial charge on any atom is 0.282 e. The van der Waals surface area contributed by atoms with E-state index in [2.05, 4.69) is 5.32 Å². The fourth-order valence-corrected chi connectivity index (χ4v) is 3.40. The number of methoxy groups -OCH3 is 1. The second-order valence-electron chi connectivity index (χ2n) is 6.79. The maximum absolute atomic E-state index is 13.0. The Bertz CT molecular complexity index is 729. The Balaban J connectivity index is 2.09. The summed E-state index contributed by atoms with van der Waals surface area (Å²) in [6, 6.07) is 11.5. The van der Waals surface area contributed by atoms with Gasteiger partial charge in [-0.15, -0.1) is 11.3 Å². The van der Waals surface area contributed by atoms with Crippen molar-refractivity contribution in [2.75, 3.05) is 32.1 Å². The van der Waals surface area contributed by atoms with E-state index in [1.807, 2.05) is 62.7 Å². The van der Waals surface area contributed by atoms with Gasteiger partial charge in [-0.25, -0.2) is 0 Å². The summed E-state index contributed by atoms with van der Waals surface area (Å²) in [5, 5.41) is 4.86. The van der Waals surface area contributed by atoms with Gasteiger partial charge >= 0.3 is 0 Å². The molecule has 7 heteroatoms. The normalized spacial score (nSPS) is 11.9. The van der Waals surface area contributed by atoms with Gasteiger partial charge in [-0.1, -0.05) is 6.07 Å². The van der Waals surface area contributed by atoms with E-state index in [1.165, 1.54) is 0 Å². The Labute approximate surface area is 164 Å². The first-order valence-electron chi connectivity index (χ1n) is 8.96. The Hall–Kier alpha value is -2.38. The first kappa shape index (κ1) is 20.9. The standard InChI is InChI=1S/C20H27N3O3S/c1-15(2)21-19(24)13-22(3)14-20(25)23(12-18-6-5-11-27-18)16-7-9-17(26-4)10-8-16/h5-11,15H,12-14H2,1-4H3,(H,21,24)/p+1. The number of rotatable bonds is 9. The molecule has 0 aliphatic heterocycles. The number of anilines is 1. The predicted octanol–water partition coefficient (Wildman–Crippen LogP) is 1.33. The number of carbonyl (C=O) groups is 2. The van der Waals surface area contributed by atoms with Crippen molar-refractivity contribution in [3.05, 3.63) is 46.7 Å². The molecular weight excluding hydrogens is 362 g/mol. The van der Waals surface area contributed by atoms with Crippen LogP contribution in [0.3, 0.4) is 0 Å². The van der Waals surface area contributed by atoms with Gasteiger partial charge in [0.15, 0.2) is 13.1 Å². The summed E-state index contributed by atoms with van der Waals surface area (Å²) in [6.07, 6.45) is 0. The molecule has 6 nitrogen and oxygen atoms in total. The molecule has 2 rings (SSSR count). The Kier molecular flexibility index (Phi) is 7.82. The molecule has 146 valence electrons. The van der Waals surface area contributed by atoms with E-state index in [4.69, 9.17) is 4.74 Å². The van der Waals surface area contributed by atoms with Crippen LogP contribution in [0.2, 0.25) is 0 Å². The van der Waals surface area contributed by atoms with Crippen molar-refractivity contribution in [1.29, 1.82) is 0 Å². The number of nitrogens with one attached hydrogen (secondary N) is 2. The van der Waals surface area contributed by atoms with Crippen molar-refractivity contribution in [3.8, 4) is 5.75 Å². The third-order valence-corrected chi connectivity index (χ3v) is 4.81. The minimum atomic E-state index is -0.0513. The highest BCUT2D eigenvalue weighted by molar-refractivity contribution is 7.09. The fourth-order valence-electron chi connectivity index (χ4n) is 2.71. The predicted molar refractivity (Wildman–Crippen MR) is 108 cm³/mol. The minimum Gasteiger partial charge on any atom is -0.497 e. The monoisotopic (exact) mass is 390 g/mol. The van der Waals surface area contributed by atoms with Gasteiger partial charge in [-0.2, -0.15) is 0 Å². The van der Waals surface area contributed by atoms with Crippen molar-refractivity contribution in [2.24, 2.45) is 0 Å². The molecule has 1 heterocycles. The summed E-state index contributed by atoms with van der Waals surface area (Å²) in [5.74, 6) is 0.670. The van der Waals surface area contributed by atoms with Crippen LogP contribution in [0, 0.1) is 0 Å². The average molecular weight is 391 g/mol. The second-order valence-corrected chi connectivity index (χ2v) is 7.82. The van der Waals surface area contributed by atoms with Gasteiger partial charge in [0.2, 0.25) is 0 Å². The molecule has 0 fully saturated rings. The van der Waals surface area contributed by atoms with Gasteiger partial charge in [-0.3, -0.25) is 9.59 Å². The lowest BCUT2D eigenvalue weighted by atomic mass is 10.2. The quantitative estimate of drug-likeness (QED) is 0.679. The zero-order valence-electron chi connectivity index (χ0n) is 16.3. The van der Waals surface area contributed by atoms with Crippen LogP contribution in [0.5, 0.6) is 5.75 Å². The number of ether oxygens (including phenoxy) is 1. The largest absolute Gasteiger partial charge is 0.497 e. The lowest BCUT2D eigenvalue weighted by Crippen LogP contribution is -3.11. The summed E-state index contributed by atoms with van der Waals surface area (Å²) in [5.41, 5.74) is 0.814. The van der Waals surface area contributed by atoms with Crippen molar-refractivity contribution < 1.29 is 19.2 Å². The first-order chi connectivity index (χ1) is 12.9. The molecule has 2 aromatic rings. The van der Waals surface area contributed by atoms with Crippen LogP contribution in [-0.4, -0.2) is 45.1 Å². The highest BCUT2D eigenvalue weighted by atomic mass is 32.1. The highest BCUT2D eigenvalue weighted by Crippen LogP contribution is 2.22. The number of thiophene rings is 1. The van der Waals surface area contributed by atoms with Gasteiger partial charge in [-0.05, 0) is 49.6 Å². The number of nitrogens with zero attached hydrogens (tertiary/aromatic N) is 1. The zero-order chi connectivity index (χ0) is 19.8. The maximum atomic E-state index is 13.0. The molecule has 2 amide bonds. The lowest BCUT2D eigenvalue weighted by Gasteiger charge is -2.24. The van der Waals surface area contributed by atoms with E-state index in [-0.39, 0.29) is 30.9 Å². The Morgan fingerprint density at radius 3 is 2.44 bits per heavy atom. The number of likely N-dealkylation sites (N-methyl/N-ethyl adjacent to an activating group) is 1. The smallest absolute Gasteiger partial charge is 0.282 e. The number of quaternary nitrogens is 1. The first-order valence-corrected chi connectivity index (χ1v) is 9.84. The lowest BCUT2D eigenvalue weighted by molar-refractivity contribution is -0.862. The number of benzene rings is 1. The third-order valence-electron chi connectivity index (χ3n) is 3.94. The van der Waals surface area contributed by atoms with E-state index in [1.54, 1.807) is 23.3 Å². The van der Waals surface area contributed by atoms with Crippen LogP contribution in [0.1, 0.15) is 18.7 Å². The third kappa shape index (κ3) is 6.69. The molecule has 0 spiro atoms. The van der Waals surface area contributed by atoms with E-state index < -0.39 is 0 Å². The SMILES string of the molecule is COc1ccc(N(Cc2cccs2)C(=O)C[NH+](C)CC(=O)NC(C)C)cc1. The van der Waals surface area contributed by atoms with Gasteiger partial charge in [0.1, 0.15) is 5.75 Å². The van der Waals surface area contributed by atoms with Crippen LogP contribution in [0.15, 0.2) is 41.8 Å². The number of carbonyl (C=O) groups excluding carboxylic acids is 2. The van der Waals surface area contributed by atoms with Gasteiger partial charge in [0.25, 0.3) is 11.8 Å². The van der Waals surface area contributed by atoms with Crippen molar-refractivity contribution in [1.82, 2.24) is 5.32 Å². The minimum absolute atomic E-state index is 0.0246. The molecule has 0 radical (unpaired) electrons. The highest BCUT2D eigenvalue weighted by Gasteiger charge is 2.22. The molecule has 1 aromatic carbocycles. The van der Waals surface area contributed by atoms with Gasteiger partial charge < -0.3 is 19.9 Å². The summed E-state index contributed by atoms with van der Waals surface area (Å²) >= 11 is 1.62. The summed E-state index contributed by atoms with van der Waals surface area (Å²) in [7, 11) is 3.47. The molecule has 1 aromatic heterocycles. The van der Waals surface area contributed by atoms with Gasteiger partial charge in [0.05, 0.1) is 20.7 Å². The van der Waals surface area contributed by atoms with Crippen LogP contribution in [0.25, 0.3) is 0 Å².